The molecule has 0 N–H and O–H groups in total. The van der Waals surface area contributed by atoms with Gasteiger partial charge in [0.1, 0.15) is 11.5 Å². The average molecular weight is 245 g/mol. The molecule has 2 aromatic heterocycles. The zero-order valence-corrected chi connectivity index (χ0v) is 12.5. The van der Waals surface area contributed by atoms with Gasteiger partial charge in [-0.05, 0) is 6.07 Å². The molecular formula is C15H23N3. The monoisotopic (exact) mass is 245 g/mol. The Kier molecular flexibility index (Phi) is 2.76. The van der Waals surface area contributed by atoms with Gasteiger partial charge < -0.3 is 4.57 Å². The Labute approximate surface area is 109 Å². The van der Waals surface area contributed by atoms with Crippen molar-refractivity contribution in [1.29, 1.82) is 0 Å². The molecule has 0 unspecified atom stereocenters. The summed E-state index contributed by atoms with van der Waals surface area (Å²) in [4.78, 5) is 9.56. The van der Waals surface area contributed by atoms with E-state index in [1.807, 2.05) is 7.05 Å². The van der Waals surface area contributed by atoms with E-state index >= 15 is 0 Å². The van der Waals surface area contributed by atoms with Gasteiger partial charge in [0, 0.05) is 29.5 Å². The van der Waals surface area contributed by atoms with Crippen LogP contribution in [0.3, 0.4) is 0 Å². The van der Waals surface area contributed by atoms with E-state index in [2.05, 4.69) is 58.4 Å². The minimum absolute atomic E-state index is 0.0293. The molecule has 2 aromatic rings. The lowest BCUT2D eigenvalue weighted by Gasteiger charge is -2.23. The van der Waals surface area contributed by atoms with Crippen LogP contribution in [0.4, 0.5) is 0 Å². The maximum absolute atomic E-state index is 4.83. The van der Waals surface area contributed by atoms with Crippen molar-refractivity contribution in [3.63, 3.8) is 0 Å². The minimum atomic E-state index is -0.0293. The maximum atomic E-state index is 4.83. The van der Waals surface area contributed by atoms with E-state index in [1.54, 1.807) is 0 Å². The van der Waals surface area contributed by atoms with Gasteiger partial charge in [0.2, 0.25) is 0 Å². The normalized spacial score (nSPS) is 13.3. The quantitative estimate of drug-likeness (QED) is 0.710. The van der Waals surface area contributed by atoms with Crippen LogP contribution in [0.15, 0.2) is 12.3 Å². The first-order valence-corrected chi connectivity index (χ1v) is 6.45. The van der Waals surface area contributed by atoms with Crippen molar-refractivity contribution in [2.45, 2.75) is 52.4 Å². The van der Waals surface area contributed by atoms with Gasteiger partial charge >= 0.3 is 0 Å². The van der Waals surface area contributed by atoms with Gasteiger partial charge in [-0.3, -0.25) is 0 Å². The number of rotatable bonds is 0. The molecule has 3 heteroatoms. The molecule has 0 aliphatic rings. The molecule has 0 amide bonds. The molecule has 2 heterocycles. The zero-order valence-electron chi connectivity index (χ0n) is 12.5. The molecule has 0 spiro atoms. The van der Waals surface area contributed by atoms with Crippen LogP contribution < -0.4 is 0 Å². The Balaban J connectivity index is 2.83. The fraction of sp³-hybridized carbons (Fsp3) is 0.600. The topological polar surface area (TPSA) is 30.7 Å². The maximum Gasteiger partial charge on any atom is 0.143 e. The highest BCUT2D eigenvalue weighted by Gasteiger charge is 2.25. The van der Waals surface area contributed by atoms with Crippen LogP contribution in [-0.2, 0) is 17.9 Å². The van der Waals surface area contributed by atoms with Crippen LogP contribution in [0.25, 0.3) is 11.0 Å². The summed E-state index contributed by atoms with van der Waals surface area (Å²) in [7, 11) is 2.04. The van der Waals surface area contributed by atoms with Crippen molar-refractivity contribution in [2.24, 2.45) is 7.05 Å². The Bertz CT molecular complexity index is 580. The first kappa shape index (κ1) is 13.1. The van der Waals surface area contributed by atoms with E-state index in [-0.39, 0.29) is 10.8 Å². The Morgan fingerprint density at radius 3 is 2.06 bits per heavy atom. The van der Waals surface area contributed by atoms with Crippen molar-refractivity contribution < 1.29 is 0 Å². The Morgan fingerprint density at radius 1 is 0.944 bits per heavy atom. The van der Waals surface area contributed by atoms with E-state index in [0.29, 0.717) is 0 Å². The predicted molar refractivity (Wildman–Crippen MR) is 75.9 cm³/mol. The third-order valence-electron chi connectivity index (χ3n) is 3.11. The summed E-state index contributed by atoms with van der Waals surface area (Å²) in [6, 6.07) is 2.11. The first-order valence-electron chi connectivity index (χ1n) is 6.45. The molecule has 0 bridgehead atoms. The summed E-state index contributed by atoms with van der Waals surface area (Å²) in [6.45, 7) is 13.1. The third-order valence-corrected chi connectivity index (χ3v) is 3.11. The van der Waals surface area contributed by atoms with Crippen molar-refractivity contribution in [1.82, 2.24) is 14.5 Å². The molecule has 0 fully saturated rings. The van der Waals surface area contributed by atoms with Crippen LogP contribution in [0.5, 0.6) is 0 Å². The van der Waals surface area contributed by atoms with Crippen molar-refractivity contribution in [2.75, 3.05) is 0 Å². The highest BCUT2D eigenvalue weighted by molar-refractivity contribution is 5.79. The summed E-state index contributed by atoms with van der Waals surface area (Å²) in [5.41, 5.74) is 2.17. The van der Waals surface area contributed by atoms with Gasteiger partial charge in [0.15, 0.2) is 0 Å². The SMILES string of the molecule is Cn1ccc2c(C(C)(C)C)nc(C(C)(C)C)nc21. The van der Waals surface area contributed by atoms with E-state index in [4.69, 9.17) is 9.97 Å². The number of hydrogen-bond acceptors (Lipinski definition) is 2. The average Bonchev–Trinajstić information content (AvgIpc) is 2.56. The standard InChI is InChI=1S/C15H23N3/c1-14(2,3)11-10-8-9-18(7)12(10)17-13(16-11)15(4,5)6/h8-9H,1-7H3. The summed E-state index contributed by atoms with van der Waals surface area (Å²) in [5, 5.41) is 1.16. The second-order valence-electron chi connectivity index (χ2n) is 7.06. The first-order chi connectivity index (χ1) is 8.10. The van der Waals surface area contributed by atoms with E-state index < -0.39 is 0 Å². The fourth-order valence-electron chi connectivity index (χ4n) is 2.04. The fourth-order valence-corrected chi connectivity index (χ4v) is 2.04. The third kappa shape index (κ3) is 2.14. The van der Waals surface area contributed by atoms with Crippen LogP contribution in [0, 0.1) is 0 Å². The van der Waals surface area contributed by atoms with E-state index in [9.17, 15) is 0 Å². The summed E-state index contributed by atoms with van der Waals surface area (Å²) < 4.78 is 2.07. The second kappa shape index (κ2) is 3.81. The second-order valence-corrected chi connectivity index (χ2v) is 7.06. The van der Waals surface area contributed by atoms with Gasteiger partial charge in [-0.2, -0.15) is 0 Å². The predicted octanol–water partition coefficient (Wildman–Crippen LogP) is 3.56. The van der Waals surface area contributed by atoms with E-state index in [0.717, 1.165) is 22.6 Å². The van der Waals surface area contributed by atoms with Crippen LogP contribution in [-0.4, -0.2) is 14.5 Å². The van der Waals surface area contributed by atoms with Crippen molar-refractivity contribution >= 4 is 11.0 Å². The van der Waals surface area contributed by atoms with E-state index in [1.165, 1.54) is 0 Å². The largest absolute Gasteiger partial charge is 0.335 e. The molecular weight excluding hydrogens is 222 g/mol. The highest BCUT2D eigenvalue weighted by atomic mass is 15.0. The molecule has 0 atom stereocenters. The number of hydrogen-bond donors (Lipinski definition) is 0. The Morgan fingerprint density at radius 2 is 1.56 bits per heavy atom. The molecule has 0 saturated carbocycles. The van der Waals surface area contributed by atoms with Crippen LogP contribution in [0.1, 0.15) is 53.1 Å². The van der Waals surface area contributed by atoms with Gasteiger partial charge in [0.05, 0.1) is 5.69 Å². The van der Waals surface area contributed by atoms with Gasteiger partial charge in [0.25, 0.3) is 0 Å². The summed E-state index contributed by atoms with van der Waals surface area (Å²) >= 11 is 0. The lowest BCUT2D eigenvalue weighted by Crippen LogP contribution is -2.22. The van der Waals surface area contributed by atoms with Crippen molar-refractivity contribution in [3.8, 4) is 0 Å². The number of aryl methyl sites for hydroxylation is 1. The van der Waals surface area contributed by atoms with Crippen LogP contribution in [0.2, 0.25) is 0 Å². The number of fused-ring (bicyclic) bond motifs is 1. The molecule has 98 valence electrons. The molecule has 18 heavy (non-hydrogen) atoms. The lowest BCUT2D eigenvalue weighted by atomic mass is 9.88. The molecule has 0 aliphatic carbocycles. The van der Waals surface area contributed by atoms with Crippen molar-refractivity contribution in [3.05, 3.63) is 23.8 Å². The van der Waals surface area contributed by atoms with Gasteiger partial charge in [-0.25, -0.2) is 9.97 Å². The molecule has 0 saturated heterocycles. The number of aromatic nitrogens is 3. The molecule has 0 aromatic carbocycles. The lowest BCUT2D eigenvalue weighted by molar-refractivity contribution is 0.519. The minimum Gasteiger partial charge on any atom is -0.335 e. The molecule has 3 nitrogen and oxygen atoms in total. The highest BCUT2D eigenvalue weighted by Crippen LogP contribution is 2.30. The molecule has 0 aliphatic heterocycles. The van der Waals surface area contributed by atoms with Crippen LogP contribution >= 0.6 is 0 Å². The summed E-state index contributed by atoms with van der Waals surface area (Å²) in [5.74, 6) is 0.918. The zero-order chi connectivity index (χ0) is 13.7. The number of nitrogens with zero attached hydrogens (tertiary/aromatic N) is 3. The Hall–Kier alpha value is -1.38. The molecule has 0 radical (unpaired) electrons. The summed E-state index contributed by atoms with van der Waals surface area (Å²) in [6.07, 6.45) is 2.06. The smallest absolute Gasteiger partial charge is 0.143 e. The molecule has 2 rings (SSSR count). The van der Waals surface area contributed by atoms with Gasteiger partial charge in [-0.1, -0.05) is 41.5 Å². The van der Waals surface area contributed by atoms with Gasteiger partial charge in [-0.15, -0.1) is 0 Å².